The van der Waals surface area contributed by atoms with Crippen LogP contribution in [0.3, 0.4) is 0 Å². The Morgan fingerprint density at radius 3 is 2.53 bits per heavy atom. The molecular formula is C23H24F3NO5. The smallest absolute Gasteiger partial charge is 0.478 e. The van der Waals surface area contributed by atoms with E-state index in [9.17, 15) is 22.8 Å². The highest BCUT2D eigenvalue weighted by Gasteiger charge is 2.38. The maximum absolute atomic E-state index is 12.3. The Hall–Kier alpha value is -3.49. The Bertz CT molecular complexity index is 1000. The van der Waals surface area contributed by atoms with Gasteiger partial charge in [-0.2, -0.15) is 0 Å². The number of carboxylic acids is 1. The fourth-order valence-corrected chi connectivity index (χ4v) is 3.11. The third-order valence-electron chi connectivity index (χ3n) is 4.65. The molecule has 9 heteroatoms. The first-order chi connectivity index (χ1) is 14.8. The molecule has 172 valence electrons. The van der Waals surface area contributed by atoms with E-state index in [2.05, 4.69) is 4.74 Å². The number of halogens is 3. The van der Waals surface area contributed by atoms with Gasteiger partial charge in [-0.25, -0.2) is 9.59 Å². The molecule has 0 aliphatic carbocycles. The van der Waals surface area contributed by atoms with E-state index in [1.54, 1.807) is 26.0 Å². The zero-order chi connectivity index (χ0) is 24.1. The minimum Gasteiger partial charge on any atom is -0.478 e. The molecule has 0 aromatic heterocycles. The number of carboxylic acid groups (broad SMARTS) is 1. The second kappa shape index (κ2) is 9.76. The molecular weight excluding hydrogens is 427 g/mol. The Labute approximate surface area is 183 Å². The molecule has 0 saturated heterocycles. The Morgan fingerprint density at radius 2 is 1.94 bits per heavy atom. The standard InChI is InChI=1S/C23H24F3NO5/c1-5-27-19-14-17(15(2)13-18(19)22(3,4)32-21(27)30)10-8-16(9-11-20(28)29)7-6-12-31-23(24,25)26/h6-14H,5H2,1-4H3,(H,28,29)/b10-8+,11-9+,12-6+,16-7+. The number of carbonyl (C=O) groups is 2. The Morgan fingerprint density at radius 1 is 1.25 bits per heavy atom. The van der Waals surface area contributed by atoms with Crippen LogP contribution in [0.25, 0.3) is 6.08 Å². The molecule has 2 rings (SSSR count). The first-order valence-corrected chi connectivity index (χ1v) is 9.70. The molecule has 0 atom stereocenters. The lowest BCUT2D eigenvalue weighted by Gasteiger charge is -2.38. The first-order valence-electron chi connectivity index (χ1n) is 9.70. The van der Waals surface area contributed by atoms with E-state index >= 15 is 0 Å². The molecule has 1 heterocycles. The first kappa shape index (κ1) is 24.8. The van der Waals surface area contributed by atoms with Crippen molar-refractivity contribution in [3.05, 3.63) is 71.0 Å². The number of alkyl halides is 3. The van der Waals surface area contributed by atoms with Gasteiger partial charge in [0.05, 0.1) is 11.9 Å². The monoisotopic (exact) mass is 451 g/mol. The van der Waals surface area contributed by atoms with Gasteiger partial charge in [-0.3, -0.25) is 4.90 Å². The minimum absolute atomic E-state index is 0.318. The number of nitrogens with zero attached hydrogens (tertiary/aromatic N) is 1. The number of anilines is 1. The molecule has 0 saturated carbocycles. The van der Waals surface area contributed by atoms with Crippen molar-refractivity contribution in [3.63, 3.8) is 0 Å². The topological polar surface area (TPSA) is 76.1 Å². The van der Waals surface area contributed by atoms with Crippen LogP contribution in [0.2, 0.25) is 0 Å². The highest BCUT2D eigenvalue weighted by Crippen LogP contribution is 2.40. The molecule has 6 nitrogen and oxygen atoms in total. The van der Waals surface area contributed by atoms with Gasteiger partial charge in [0.1, 0.15) is 5.60 Å². The number of aliphatic carboxylic acids is 1. The van der Waals surface area contributed by atoms with Crippen LogP contribution in [0.1, 0.15) is 37.5 Å². The summed E-state index contributed by atoms with van der Waals surface area (Å²) in [7, 11) is 0. The highest BCUT2D eigenvalue weighted by atomic mass is 19.4. The molecule has 0 unspecified atom stereocenters. The summed E-state index contributed by atoms with van der Waals surface area (Å²) >= 11 is 0. The summed E-state index contributed by atoms with van der Waals surface area (Å²) in [5.41, 5.74) is 2.69. The molecule has 0 bridgehead atoms. The van der Waals surface area contributed by atoms with E-state index < -0.39 is 24.0 Å². The number of allylic oxidation sites excluding steroid dienone is 5. The predicted octanol–water partition coefficient (Wildman–Crippen LogP) is 5.84. The van der Waals surface area contributed by atoms with Gasteiger partial charge in [-0.05, 0) is 68.7 Å². The number of carbonyl (C=O) groups excluding carboxylic acids is 1. The average molecular weight is 451 g/mol. The number of fused-ring (bicyclic) bond motifs is 1. The molecule has 0 radical (unpaired) electrons. The third kappa shape index (κ3) is 6.50. The minimum atomic E-state index is -4.81. The number of hydrogen-bond acceptors (Lipinski definition) is 4. The molecule has 1 aliphatic heterocycles. The van der Waals surface area contributed by atoms with Crippen LogP contribution in [0.15, 0.2) is 54.3 Å². The fraction of sp³-hybridized carbons (Fsp3) is 0.304. The molecule has 1 aromatic rings. The maximum Gasteiger partial charge on any atom is 0.572 e. The number of rotatable bonds is 7. The predicted molar refractivity (Wildman–Crippen MR) is 114 cm³/mol. The van der Waals surface area contributed by atoms with Gasteiger partial charge >= 0.3 is 18.4 Å². The van der Waals surface area contributed by atoms with E-state index in [1.807, 2.05) is 26.0 Å². The summed E-state index contributed by atoms with van der Waals surface area (Å²) in [6, 6.07) is 3.74. The lowest BCUT2D eigenvalue weighted by molar-refractivity contribution is -0.298. The van der Waals surface area contributed by atoms with Crippen LogP contribution in [0.5, 0.6) is 0 Å². The van der Waals surface area contributed by atoms with Gasteiger partial charge in [0.15, 0.2) is 0 Å². The van der Waals surface area contributed by atoms with Crippen LogP contribution in [-0.4, -0.2) is 30.1 Å². The zero-order valence-electron chi connectivity index (χ0n) is 18.1. The quantitative estimate of drug-likeness (QED) is 0.320. The zero-order valence-corrected chi connectivity index (χ0v) is 18.1. The van der Waals surface area contributed by atoms with E-state index in [4.69, 9.17) is 9.84 Å². The molecule has 1 N–H and O–H groups in total. The number of hydrogen-bond donors (Lipinski definition) is 1. The Balaban J connectivity index is 2.43. The average Bonchev–Trinajstić information content (AvgIpc) is 2.66. The second-order valence-corrected chi connectivity index (χ2v) is 7.41. The van der Waals surface area contributed by atoms with Crippen molar-refractivity contribution >= 4 is 23.8 Å². The van der Waals surface area contributed by atoms with Crippen LogP contribution < -0.4 is 4.90 Å². The van der Waals surface area contributed by atoms with Gasteiger partial charge in [0.25, 0.3) is 0 Å². The summed E-state index contributed by atoms with van der Waals surface area (Å²) < 4.78 is 45.4. The number of ether oxygens (including phenoxy) is 2. The van der Waals surface area contributed by atoms with Crippen molar-refractivity contribution in [1.82, 2.24) is 0 Å². The van der Waals surface area contributed by atoms with Crippen LogP contribution in [0.4, 0.5) is 23.7 Å². The molecule has 1 amide bonds. The lowest BCUT2D eigenvalue weighted by Crippen LogP contribution is -2.43. The SMILES string of the molecule is CCN1C(=O)OC(C)(C)c2cc(C)c(/C=C/C(/C=C/C(=O)O)=C\C=C\OC(F)(F)F)cc21. The van der Waals surface area contributed by atoms with Gasteiger partial charge in [-0.15, -0.1) is 13.2 Å². The van der Waals surface area contributed by atoms with Crippen molar-refractivity contribution < 1.29 is 37.3 Å². The molecule has 0 spiro atoms. The summed E-state index contributed by atoms with van der Waals surface area (Å²) in [6.07, 6.45) is 2.82. The number of amides is 1. The molecule has 1 aliphatic rings. The van der Waals surface area contributed by atoms with Crippen LogP contribution in [0, 0.1) is 6.92 Å². The van der Waals surface area contributed by atoms with Crippen molar-refractivity contribution in [2.75, 3.05) is 11.4 Å². The van der Waals surface area contributed by atoms with Crippen LogP contribution >= 0.6 is 0 Å². The summed E-state index contributed by atoms with van der Waals surface area (Å²) in [6.45, 7) is 7.71. The maximum atomic E-state index is 12.3. The number of cyclic esters (lactones) is 1. The van der Waals surface area contributed by atoms with Gasteiger partial charge in [-0.1, -0.05) is 18.2 Å². The fourth-order valence-electron chi connectivity index (χ4n) is 3.11. The molecule has 1 aromatic carbocycles. The molecule has 32 heavy (non-hydrogen) atoms. The normalized spacial score (nSPS) is 16.7. The summed E-state index contributed by atoms with van der Waals surface area (Å²) in [5, 5.41) is 8.85. The number of benzene rings is 1. The Kier molecular flexibility index (Phi) is 7.56. The largest absolute Gasteiger partial charge is 0.572 e. The van der Waals surface area contributed by atoms with E-state index in [1.165, 1.54) is 17.1 Å². The van der Waals surface area contributed by atoms with Crippen molar-refractivity contribution in [2.24, 2.45) is 0 Å². The van der Waals surface area contributed by atoms with Crippen molar-refractivity contribution in [2.45, 2.75) is 39.7 Å². The summed E-state index contributed by atoms with van der Waals surface area (Å²) in [4.78, 5) is 24.7. The second-order valence-electron chi connectivity index (χ2n) is 7.41. The molecule has 0 fully saturated rings. The highest BCUT2D eigenvalue weighted by molar-refractivity contribution is 5.92. The van der Waals surface area contributed by atoms with Gasteiger partial charge in [0.2, 0.25) is 0 Å². The summed E-state index contributed by atoms with van der Waals surface area (Å²) in [5.74, 6) is -1.20. The van der Waals surface area contributed by atoms with Gasteiger partial charge < -0.3 is 14.6 Å². The van der Waals surface area contributed by atoms with Crippen molar-refractivity contribution in [3.8, 4) is 0 Å². The van der Waals surface area contributed by atoms with E-state index in [0.717, 1.165) is 28.8 Å². The van der Waals surface area contributed by atoms with Crippen LogP contribution in [-0.2, 0) is 19.9 Å². The number of aryl methyl sites for hydroxylation is 1. The van der Waals surface area contributed by atoms with E-state index in [0.29, 0.717) is 24.1 Å². The lowest BCUT2D eigenvalue weighted by atomic mass is 9.90. The van der Waals surface area contributed by atoms with E-state index in [-0.39, 0.29) is 0 Å². The van der Waals surface area contributed by atoms with Crippen molar-refractivity contribution in [1.29, 1.82) is 0 Å². The third-order valence-corrected chi connectivity index (χ3v) is 4.65. The van der Waals surface area contributed by atoms with Gasteiger partial charge in [0, 0.05) is 18.2 Å².